The minimum atomic E-state index is -4.52. The lowest BCUT2D eigenvalue weighted by molar-refractivity contribution is -0.128. The van der Waals surface area contributed by atoms with Crippen LogP contribution in [-0.2, 0) is 16.4 Å². The molecule has 0 aromatic carbocycles. The number of halogens is 3. The highest BCUT2D eigenvalue weighted by atomic mass is 32.2. The summed E-state index contributed by atoms with van der Waals surface area (Å²) in [5.74, 6) is 0. The zero-order valence-electron chi connectivity index (χ0n) is 7.32. The van der Waals surface area contributed by atoms with Crippen molar-refractivity contribution in [1.29, 1.82) is 0 Å². The van der Waals surface area contributed by atoms with Crippen molar-refractivity contribution < 1.29 is 21.6 Å². The highest BCUT2D eigenvalue weighted by Crippen LogP contribution is 2.23. The Kier molecular flexibility index (Phi) is 3.00. The Morgan fingerprint density at radius 2 is 2.00 bits per heavy atom. The normalized spacial score (nSPS) is 12.8. The molecule has 0 radical (unpaired) electrons. The fourth-order valence-electron chi connectivity index (χ4n) is 1.00. The van der Waals surface area contributed by atoms with Gasteiger partial charge in [0.25, 0.3) is 0 Å². The molecular formula is C7H7F3N2O2S. The quantitative estimate of drug-likeness (QED) is 0.832. The van der Waals surface area contributed by atoms with Crippen LogP contribution in [0.5, 0.6) is 0 Å². The second kappa shape index (κ2) is 3.78. The van der Waals surface area contributed by atoms with Crippen molar-refractivity contribution in [3.8, 4) is 0 Å². The molecule has 0 bridgehead atoms. The molecule has 0 amide bonds. The van der Waals surface area contributed by atoms with Gasteiger partial charge in [0.1, 0.15) is 4.90 Å². The first-order valence-corrected chi connectivity index (χ1v) is 5.28. The molecule has 2 N–H and O–H groups in total. The van der Waals surface area contributed by atoms with Crippen LogP contribution in [0.3, 0.4) is 0 Å². The number of nitrogens with zero attached hydrogens (tertiary/aromatic N) is 1. The number of hydrogen-bond acceptors (Lipinski definition) is 3. The molecule has 1 aromatic heterocycles. The maximum Gasteiger partial charge on any atom is 0.394 e. The largest absolute Gasteiger partial charge is 0.394 e. The van der Waals surface area contributed by atoms with Crippen LogP contribution < -0.4 is 5.14 Å². The topological polar surface area (TPSA) is 73.1 Å². The molecule has 84 valence electrons. The lowest BCUT2D eigenvalue weighted by Crippen LogP contribution is -2.19. The van der Waals surface area contributed by atoms with Gasteiger partial charge in [-0.15, -0.1) is 0 Å². The van der Waals surface area contributed by atoms with Crippen LogP contribution in [0.1, 0.15) is 5.69 Å². The summed E-state index contributed by atoms with van der Waals surface area (Å²) >= 11 is 0. The van der Waals surface area contributed by atoms with Crippen LogP contribution in [0.25, 0.3) is 0 Å². The lowest BCUT2D eigenvalue weighted by atomic mass is 10.2. The third-order valence-corrected chi connectivity index (χ3v) is 2.51. The maximum absolute atomic E-state index is 12.0. The van der Waals surface area contributed by atoms with Crippen LogP contribution >= 0.6 is 0 Å². The Labute approximate surface area is 84.0 Å². The Morgan fingerprint density at radius 3 is 2.47 bits per heavy atom. The van der Waals surface area contributed by atoms with Crippen molar-refractivity contribution in [1.82, 2.24) is 4.98 Å². The Hall–Kier alpha value is -1.15. The van der Waals surface area contributed by atoms with Crippen LogP contribution in [-0.4, -0.2) is 19.6 Å². The van der Waals surface area contributed by atoms with E-state index in [1.807, 2.05) is 0 Å². The third kappa shape index (κ3) is 3.48. The van der Waals surface area contributed by atoms with Gasteiger partial charge < -0.3 is 0 Å². The van der Waals surface area contributed by atoms with Crippen molar-refractivity contribution in [3.63, 3.8) is 0 Å². The molecule has 0 aliphatic rings. The second-order valence-electron chi connectivity index (χ2n) is 2.79. The lowest BCUT2D eigenvalue weighted by Gasteiger charge is -2.08. The van der Waals surface area contributed by atoms with Crippen LogP contribution in [0.4, 0.5) is 13.2 Å². The summed E-state index contributed by atoms with van der Waals surface area (Å²) < 4.78 is 57.9. The van der Waals surface area contributed by atoms with Gasteiger partial charge in [-0.3, -0.25) is 4.98 Å². The van der Waals surface area contributed by atoms with Crippen molar-refractivity contribution in [2.45, 2.75) is 17.5 Å². The van der Waals surface area contributed by atoms with Gasteiger partial charge in [0, 0.05) is 6.20 Å². The van der Waals surface area contributed by atoms with E-state index < -0.39 is 33.2 Å². The van der Waals surface area contributed by atoms with Gasteiger partial charge in [-0.2, -0.15) is 13.2 Å². The van der Waals surface area contributed by atoms with E-state index in [-0.39, 0.29) is 0 Å². The number of aromatic nitrogens is 1. The zero-order chi connectivity index (χ0) is 11.7. The zero-order valence-corrected chi connectivity index (χ0v) is 8.14. The molecule has 1 rings (SSSR count). The van der Waals surface area contributed by atoms with Crippen molar-refractivity contribution >= 4 is 10.0 Å². The average Bonchev–Trinajstić information content (AvgIpc) is 1.99. The van der Waals surface area contributed by atoms with E-state index in [9.17, 15) is 21.6 Å². The monoisotopic (exact) mass is 240 g/mol. The van der Waals surface area contributed by atoms with E-state index in [2.05, 4.69) is 4.98 Å². The molecule has 0 aliphatic carbocycles. The number of nitrogens with two attached hydrogens (primary N) is 1. The van der Waals surface area contributed by atoms with Gasteiger partial charge in [-0.25, -0.2) is 13.6 Å². The summed E-state index contributed by atoms with van der Waals surface area (Å²) in [6.07, 6.45) is -4.86. The molecule has 1 heterocycles. The number of alkyl halides is 3. The van der Waals surface area contributed by atoms with Crippen LogP contribution in [0.2, 0.25) is 0 Å². The van der Waals surface area contributed by atoms with Gasteiger partial charge in [0.05, 0.1) is 12.1 Å². The predicted molar refractivity (Wildman–Crippen MR) is 45.4 cm³/mol. The average molecular weight is 240 g/mol. The molecule has 4 nitrogen and oxygen atoms in total. The molecule has 1 aromatic rings. The van der Waals surface area contributed by atoms with Gasteiger partial charge in [-0.05, 0) is 12.1 Å². The van der Waals surface area contributed by atoms with Gasteiger partial charge in [0.15, 0.2) is 0 Å². The van der Waals surface area contributed by atoms with Crippen molar-refractivity contribution in [3.05, 3.63) is 24.0 Å². The van der Waals surface area contributed by atoms with E-state index >= 15 is 0 Å². The van der Waals surface area contributed by atoms with E-state index in [1.54, 1.807) is 0 Å². The molecule has 0 unspecified atom stereocenters. The molecule has 8 heteroatoms. The molecule has 0 saturated carbocycles. The van der Waals surface area contributed by atoms with Gasteiger partial charge in [-0.1, -0.05) is 0 Å². The Bertz CT molecular complexity index is 456. The highest BCUT2D eigenvalue weighted by Gasteiger charge is 2.31. The molecule has 0 atom stereocenters. The van der Waals surface area contributed by atoms with Gasteiger partial charge >= 0.3 is 6.18 Å². The fourth-order valence-corrected chi connectivity index (χ4v) is 1.73. The summed E-state index contributed by atoms with van der Waals surface area (Å²) in [5, 5.41) is 4.74. The van der Waals surface area contributed by atoms with Crippen LogP contribution in [0, 0.1) is 0 Å². The van der Waals surface area contributed by atoms with Crippen molar-refractivity contribution in [2.75, 3.05) is 0 Å². The van der Waals surface area contributed by atoms with E-state index in [0.29, 0.717) is 0 Å². The Morgan fingerprint density at radius 1 is 1.40 bits per heavy atom. The summed E-state index contributed by atoms with van der Waals surface area (Å²) in [6, 6.07) is 2.20. The molecule has 0 saturated heterocycles. The second-order valence-corrected chi connectivity index (χ2v) is 4.32. The fraction of sp³-hybridized carbons (Fsp3) is 0.286. The standard InChI is InChI=1S/C7H7F3N2O2S/c8-7(9,10)4-5-6(15(11,13)14)2-1-3-12-5/h1-3H,4H2,(H2,11,13,14). The minimum Gasteiger partial charge on any atom is -0.260 e. The predicted octanol–water partition coefficient (Wildman–Crippen LogP) is 0.834. The summed E-state index contributed by atoms with van der Waals surface area (Å²) in [4.78, 5) is 2.76. The first-order valence-electron chi connectivity index (χ1n) is 3.73. The van der Waals surface area contributed by atoms with Gasteiger partial charge in [0.2, 0.25) is 10.0 Å². The molecular weight excluding hydrogens is 233 g/mol. The number of pyridine rings is 1. The smallest absolute Gasteiger partial charge is 0.260 e. The molecule has 0 spiro atoms. The van der Waals surface area contributed by atoms with E-state index in [4.69, 9.17) is 5.14 Å². The molecule has 15 heavy (non-hydrogen) atoms. The summed E-state index contributed by atoms with van der Waals surface area (Å²) in [5.41, 5.74) is -0.590. The summed E-state index contributed by atoms with van der Waals surface area (Å²) in [6.45, 7) is 0. The highest BCUT2D eigenvalue weighted by molar-refractivity contribution is 7.89. The number of primary sulfonamides is 1. The molecule has 0 fully saturated rings. The van der Waals surface area contributed by atoms with E-state index in [1.165, 1.54) is 6.07 Å². The van der Waals surface area contributed by atoms with Crippen molar-refractivity contribution in [2.24, 2.45) is 5.14 Å². The number of rotatable bonds is 2. The van der Waals surface area contributed by atoms with E-state index in [0.717, 1.165) is 12.3 Å². The molecule has 0 aliphatic heterocycles. The summed E-state index contributed by atoms with van der Waals surface area (Å²) in [7, 11) is -4.17. The SMILES string of the molecule is NS(=O)(=O)c1cccnc1CC(F)(F)F. The maximum atomic E-state index is 12.0. The van der Waals surface area contributed by atoms with Crippen LogP contribution in [0.15, 0.2) is 23.2 Å². The number of sulfonamides is 1. The first-order chi connectivity index (χ1) is 6.70. The number of hydrogen-bond donors (Lipinski definition) is 1. The minimum absolute atomic E-state index is 0.590. The third-order valence-electron chi connectivity index (χ3n) is 1.52. The first kappa shape index (κ1) is 11.9. The Balaban J connectivity index is 3.20.